The Hall–Kier alpha value is -2.74. The molecule has 1 aliphatic heterocycles. The number of morpholine rings is 1. The van der Waals surface area contributed by atoms with E-state index in [2.05, 4.69) is 59.1 Å². The number of benzene rings is 2. The van der Waals surface area contributed by atoms with Gasteiger partial charge >= 0.3 is 0 Å². The molecule has 0 spiro atoms. The van der Waals surface area contributed by atoms with Crippen molar-refractivity contribution in [3.05, 3.63) is 75.1 Å². The van der Waals surface area contributed by atoms with Crippen LogP contribution in [0.2, 0.25) is 0 Å². The number of pyridine rings is 1. The lowest BCUT2D eigenvalue weighted by atomic mass is 10.0. The highest BCUT2D eigenvalue weighted by atomic mass is 32.1. The third kappa shape index (κ3) is 6.23. The largest absolute Gasteiger partial charge is 0.379 e. The summed E-state index contributed by atoms with van der Waals surface area (Å²) in [4.78, 5) is 20.5. The molecule has 1 fully saturated rings. The first-order chi connectivity index (χ1) is 16.4. The van der Waals surface area contributed by atoms with Crippen LogP contribution in [0.1, 0.15) is 28.7 Å². The molecule has 2 heterocycles. The van der Waals surface area contributed by atoms with Gasteiger partial charge in [0.2, 0.25) is 0 Å². The van der Waals surface area contributed by atoms with Crippen LogP contribution in [0.4, 0.5) is 5.69 Å². The zero-order chi connectivity index (χ0) is 24.1. The minimum absolute atomic E-state index is 0.0629. The quantitative estimate of drug-likeness (QED) is 0.492. The Labute approximate surface area is 206 Å². The van der Waals surface area contributed by atoms with Crippen LogP contribution in [-0.2, 0) is 11.3 Å². The van der Waals surface area contributed by atoms with Gasteiger partial charge in [0.1, 0.15) is 0 Å². The number of aryl methyl sites for hydroxylation is 3. The van der Waals surface area contributed by atoms with Gasteiger partial charge in [-0.3, -0.25) is 9.69 Å². The summed E-state index contributed by atoms with van der Waals surface area (Å²) in [6.07, 6.45) is 0.958. The smallest absolute Gasteiger partial charge is 0.253 e. The van der Waals surface area contributed by atoms with Gasteiger partial charge in [0, 0.05) is 42.9 Å². The number of fused-ring (bicyclic) bond motifs is 1. The summed E-state index contributed by atoms with van der Waals surface area (Å²) in [5.41, 5.74) is 6.06. The minimum Gasteiger partial charge on any atom is -0.379 e. The van der Waals surface area contributed by atoms with Gasteiger partial charge in [-0.15, -0.1) is 0 Å². The first-order valence-electron chi connectivity index (χ1n) is 11.9. The summed E-state index contributed by atoms with van der Waals surface area (Å²) < 4.78 is 5.46. The lowest BCUT2D eigenvalue weighted by Gasteiger charge is -2.29. The van der Waals surface area contributed by atoms with E-state index in [0.717, 1.165) is 68.0 Å². The summed E-state index contributed by atoms with van der Waals surface area (Å²) in [7, 11) is 0. The van der Waals surface area contributed by atoms with Crippen LogP contribution in [0, 0.1) is 20.8 Å². The number of hydrogen-bond acceptors (Lipinski definition) is 4. The lowest BCUT2D eigenvalue weighted by Crippen LogP contribution is -2.40. The number of nitrogens with one attached hydrogen (secondary N) is 2. The van der Waals surface area contributed by atoms with Crippen LogP contribution in [-0.4, -0.2) is 59.3 Å². The second kappa shape index (κ2) is 11.1. The number of hydrogen-bond donors (Lipinski definition) is 2. The van der Waals surface area contributed by atoms with E-state index >= 15 is 0 Å². The minimum atomic E-state index is -0.0629. The maximum Gasteiger partial charge on any atom is 0.253 e. The van der Waals surface area contributed by atoms with Crippen molar-refractivity contribution in [1.29, 1.82) is 0 Å². The van der Waals surface area contributed by atoms with E-state index in [1.807, 2.05) is 24.3 Å². The third-order valence-electron chi connectivity index (χ3n) is 6.49. The zero-order valence-corrected chi connectivity index (χ0v) is 21.1. The summed E-state index contributed by atoms with van der Waals surface area (Å²) in [5.74, 6) is 0. The van der Waals surface area contributed by atoms with E-state index in [0.29, 0.717) is 11.7 Å². The summed E-state index contributed by atoms with van der Waals surface area (Å²) in [6, 6.07) is 14.4. The molecule has 6 nitrogen and oxygen atoms in total. The molecule has 1 aliphatic rings. The topological polar surface area (TPSA) is 60.6 Å². The number of nitrogens with zero attached hydrogens (tertiary/aromatic N) is 2. The fourth-order valence-corrected chi connectivity index (χ4v) is 4.52. The average molecular weight is 479 g/mol. The molecular weight excluding hydrogens is 444 g/mol. The molecule has 4 rings (SSSR count). The standard InChI is InChI=1S/C27H34N4O2S/c1-19-5-7-24(8-6-19)28-27(34)31(10-4-9-30-11-13-33-14-12-30)18-23-17-22-15-20(2)21(3)16-25(22)29-26(23)32/h5-8,15-17H,4,9-14,18H2,1-3H3,(H,28,34)(H,29,32). The number of rotatable bonds is 7. The van der Waals surface area contributed by atoms with E-state index in [1.54, 1.807) is 0 Å². The van der Waals surface area contributed by atoms with Crippen molar-refractivity contribution in [2.24, 2.45) is 0 Å². The summed E-state index contributed by atoms with van der Waals surface area (Å²) >= 11 is 5.81. The predicted octanol–water partition coefficient (Wildman–Crippen LogP) is 4.37. The molecule has 180 valence electrons. The monoisotopic (exact) mass is 478 g/mol. The van der Waals surface area contributed by atoms with Crippen molar-refractivity contribution in [2.45, 2.75) is 33.7 Å². The van der Waals surface area contributed by atoms with Gasteiger partial charge < -0.3 is 19.9 Å². The van der Waals surface area contributed by atoms with Crippen LogP contribution >= 0.6 is 12.2 Å². The highest BCUT2D eigenvalue weighted by molar-refractivity contribution is 7.80. The van der Waals surface area contributed by atoms with Crippen LogP contribution in [0.3, 0.4) is 0 Å². The fourth-order valence-electron chi connectivity index (χ4n) is 4.25. The van der Waals surface area contributed by atoms with Crippen molar-refractivity contribution in [1.82, 2.24) is 14.8 Å². The first kappa shape index (κ1) is 24.4. The van der Waals surface area contributed by atoms with E-state index in [9.17, 15) is 4.79 Å². The van der Waals surface area contributed by atoms with Crippen LogP contribution < -0.4 is 10.9 Å². The molecule has 1 aromatic heterocycles. The lowest BCUT2D eigenvalue weighted by molar-refractivity contribution is 0.0367. The van der Waals surface area contributed by atoms with Gasteiger partial charge in [-0.05, 0) is 86.3 Å². The Bertz CT molecular complexity index is 1200. The number of aromatic amines is 1. The molecule has 2 aromatic carbocycles. The SMILES string of the molecule is Cc1ccc(NC(=S)N(CCCN2CCOCC2)Cc2cc3cc(C)c(C)cc3[nH]c2=O)cc1. The van der Waals surface area contributed by atoms with Gasteiger partial charge in [0.15, 0.2) is 5.11 Å². The van der Waals surface area contributed by atoms with Crippen molar-refractivity contribution < 1.29 is 4.74 Å². The number of thiocarbonyl (C=S) groups is 1. The Morgan fingerprint density at radius 2 is 1.79 bits per heavy atom. The second-order valence-electron chi connectivity index (χ2n) is 9.17. The summed E-state index contributed by atoms with van der Waals surface area (Å²) in [6.45, 7) is 12.0. The number of aromatic nitrogens is 1. The molecule has 0 saturated carbocycles. The van der Waals surface area contributed by atoms with Crippen LogP contribution in [0.25, 0.3) is 10.9 Å². The van der Waals surface area contributed by atoms with Crippen molar-refractivity contribution in [3.8, 4) is 0 Å². The Morgan fingerprint density at radius 3 is 2.53 bits per heavy atom. The Morgan fingerprint density at radius 1 is 1.09 bits per heavy atom. The maximum absolute atomic E-state index is 12.9. The Kier molecular flexibility index (Phi) is 7.98. The third-order valence-corrected chi connectivity index (χ3v) is 6.85. The molecule has 0 radical (unpaired) electrons. The van der Waals surface area contributed by atoms with Crippen molar-refractivity contribution >= 4 is 33.9 Å². The van der Waals surface area contributed by atoms with Crippen molar-refractivity contribution in [2.75, 3.05) is 44.7 Å². The van der Waals surface area contributed by atoms with Gasteiger partial charge in [0.05, 0.1) is 19.8 Å². The highest BCUT2D eigenvalue weighted by Gasteiger charge is 2.16. The van der Waals surface area contributed by atoms with Crippen molar-refractivity contribution in [3.63, 3.8) is 0 Å². The highest BCUT2D eigenvalue weighted by Crippen LogP contribution is 2.18. The Balaban J connectivity index is 1.52. The van der Waals surface area contributed by atoms with E-state index in [-0.39, 0.29) is 5.56 Å². The number of ether oxygens (including phenoxy) is 1. The van der Waals surface area contributed by atoms with E-state index in [1.165, 1.54) is 16.7 Å². The molecule has 0 atom stereocenters. The zero-order valence-electron chi connectivity index (χ0n) is 20.3. The van der Waals surface area contributed by atoms with E-state index < -0.39 is 0 Å². The molecule has 3 aromatic rings. The molecule has 7 heteroatoms. The summed E-state index contributed by atoms with van der Waals surface area (Å²) in [5, 5.41) is 5.04. The normalized spacial score (nSPS) is 14.3. The molecule has 0 bridgehead atoms. The van der Waals surface area contributed by atoms with Gasteiger partial charge in [-0.25, -0.2) is 0 Å². The van der Waals surface area contributed by atoms with Gasteiger partial charge in [-0.2, -0.15) is 0 Å². The van der Waals surface area contributed by atoms with Gasteiger partial charge in [-0.1, -0.05) is 17.7 Å². The molecule has 0 amide bonds. The fraction of sp³-hybridized carbons (Fsp3) is 0.407. The molecule has 0 unspecified atom stereocenters. The molecular formula is C27H34N4O2S. The second-order valence-corrected chi connectivity index (χ2v) is 9.56. The maximum atomic E-state index is 12.9. The average Bonchev–Trinajstić information content (AvgIpc) is 2.82. The van der Waals surface area contributed by atoms with Gasteiger partial charge in [0.25, 0.3) is 5.56 Å². The number of anilines is 1. The predicted molar refractivity (Wildman–Crippen MR) is 144 cm³/mol. The molecule has 2 N–H and O–H groups in total. The first-order valence-corrected chi connectivity index (χ1v) is 12.4. The van der Waals surface area contributed by atoms with E-state index in [4.69, 9.17) is 17.0 Å². The van der Waals surface area contributed by atoms with Crippen LogP contribution in [0.15, 0.2) is 47.3 Å². The molecule has 1 saturated heterocycles. The number of H-pyrrole nitrogens is 1. The molecule has 34 heavy (non-hydrogen) atoms. The van der Waals surface area contributed by atoms with Crippen LogP contribution in [0.5, 0.6) is 0 Å². The molecule has 0 aliphatic carbocycles.